The van der Waals surface area contributed by atoms with Gasteiger partial charge >= 0.3 is 0 Å². The van der Waals surface area contributed by atoms with Crippen molar-refractivity contribution >= 4 is 87.2 Å². The first kappa shape index (κ1) is 88.9. The van der Waals surface area contributed by atoms with Crippen molar-refractivity contribution < 1.29 is 0 Å². The van der Waals surface area contributed by atoms with Gasteiger partial charge in [0.25, 0.3) is 0 Å². The number of aromatic nitrogens is 8. The number of para-hydroxylation sites is 4. The zero-order chi connectivity index (χ0) is 99.8. The highest BCUT2D eigenvalue weighted by atomic mass is 15.0. The summed E-state index contributed by atoms with van der Waals surface area (Å²) in [7, 11) is 0. The van der Waals surface area contributed by atoms with E-state index in [-0.39, 0.29) is 0 Å². The topological polar surface area (TPSA) is 119 Å². The van der Waals surface area contributed by atoms with Crippen LogP contribution in [-0.4, -0.2) is 38.2 Å². The van der Waals surface area contributed by atoms with Crippen LogP contribution in [0.2, 0.25) is 0 Å². The third-order valence-corrected chi connectivity index (χ3v) is 29.8. The maximum Gasteiger partial charge on any atom is 0.160 e. The van der Waals surface area contributed by atoms with Crippen molar-refractivity contribution in [2.75, 3.05) is 0 Å². The number of nitrogens with zero attached hydrogens (tertiary/aromatic N) is 10. The van der Waals surface area contributed by atoms with Crippen molar-refractivity contribution in [2.45, 2.75) is 55.4 Å². The molecule has 26 aromatic rings. The van der Waals surface area contributed by atoms with E-state index in [1.165, 1.54) is 50.1 Å². The smallest absolute Gasteiger partial charge is 0.160 e. The Bertz CT molecular complexity index is 10000. The van der Waals surface area contributed by atoms with Crippen LogP contribution in [0.1, 0.15) is 55.6 Å². The van der Waals surface area contributed by atoms with Crippen LogP contribution in [0.15, 0.2) is 437 Å². The van der Waals surface area contributed by atoms with Gasteiger partial charge in [0, 0.05) is 98.7 Å². The van der Waals surface area contributed by atoms with Gasteiger partial charge in [-0.15, -0.1) is 0 Å². The molecule has 6 aromatic heterocycles. The van der Waals surface area contributed by atoms with E-state index >= 15 is 0 Å². The van der Waals surface area contributed by atoms with Crippen molar-refractivity contribution in [3.8, 4) is 181 Å². The largest absolute Gasteiger partial charge is 0.309 e. The fraction of sp³-hybridized carbons (Fsp3) is 0.0580. The number of hydrogen-bond acceptors (Lipinski definition) is 6. The van der Waals surface area contributed by atoms with Gasteiger partial charge in [-0.25, -0.2) is 19.9 Å². The fourth-order valence-corrected chi connectivity index (χ4v) is 23.3. The Morgan fingerprint density at radius 2 is 0.493 bits per heavy atom. The lowest BCUT2D eigenvalue weighted by Gasteiger charge is -2.21. The molecule has 698 valence electrons. The van der Waals surface area contributed by atoms with Crippen molar-refractivity contribution in [3.63, 3.8) is 0 Å². The molecule has 20 aromatic carbocycles. The second-order valence-electron chi connectivity index (χ2n) is 39.6. The monoisotopic (exact) mass is 1890 g/mol. The SMILES string of the molecule is Cc1cc(C)cc(-c2ccc3c(c2)c2ccccc2n3-c2ccc(-c3cc(-c4ccccc4)nc(-c4cccc(-c5cc(-c6ccc7c(c6)c6ccccc6n7-c6cccc(C#N)c6-c6cc(-c7cc(-c8ccccc8)nc(-c8ccccc8)n7)ccc6-n6c7ccccc7c7cc(-c8ccc(C)cc8C)ccc76)c(C)cc5C)c4)n3)cc2-c2c(C#N)cccc2-n2c3ccccc3c3cc(-c4cc(C)cc(C)c4)ccc32)c1. The molecule has 0 spiro atoms. The average Bonchev–Trinajstić information content (AvgIpc) is 1.57. The molecule has 0 aliphatic heterocycles. The Labute approximate surface area is 858 Å². The Hall–Kier alpha value is -19.3. The molecule has 0 fully saturated rings. The number of rotatable bonds is 17. The van der Waals surface area contributed by atoms with E-state index in [4.69, 9.17) is 19.9 Å². The van der Waals surface area contributed by atoms with E-state index in [1.807, 2.05) is 66.7 Å². The predicted octanol–water partition coefficient (Wildman–Crippen LogP) is 35.5. The zero-order valence-electron chi connectivity index (χ0n) is 83.0. The molecule has 0 atom stereocenters. The molecule has 26 rings (SSSR count). The van der Waals surface area contributed by atoms with Crippen LogP contribution in [0.25, 0.3) is 256 Å². The van der Waals surface area contributed by atoms with Gasteiger partial charge in [-0.05, 0) is 273 Å². The summed E-state index contributed by atoms with van der Waals surface area (Å²) in [4.78, 5) is 22.0. The first-order chi connectivity index (χ1) is 72.5. The summed E-state index contributed by atoms with van der Waals surface area (Å²) in [6, 6.07) is 162. The summed E-state index contributed by atoms with van der Waals surface area (Å²) < 4.78 is 9.54. The number of aryl methyl sites for hydroxylation is 8. The maximum atomic E-state index is 12.0. The van der Waals surface area contributed by atoms with E-state index in [0.717, 1.165) is 233 Å². The number of hydrogen-bond donors (Lipinski definition) is 0. The van der Waals surface area contributed by atoms with Crippen LogP contribution < -0.4 is 0 Å². The van der Waals surface area contributed by atoms with Crippen LogP contribution in [-0.2, 0) is 0 Å². The minimum absolute atomic E-state index is 0.518. The Morgan fingerprint density at radius 3 is 0.905 bits per heavy atom. The number of fused-ring (bicyclic) bond motifs is 12. The van der Waals surface area contributed by atoms with Crippen LogP contribution in [0.3, 0.4) is 0 Å². The molecular weight excluding hydrogens is 1800 g/mol. The van der Waals surface area contributed by atoms with Crippen molar-refractivity contribution in [3.05, 3.63) is 492 Å². The van der Waals surface area contributed by atoms with Gasteiger partial charge in [-0.2, -0.15) is 10.5 Å². The van der Waals surface area contributed by atoms with Crippen molar-refractivity contribution in [1.82, 2.24) is 38.2 Å². The number of benzene rings is 20. The van der Waals surface area contributed by atoms with E-state index in [0.29, 0.717) is 28.5 Å². The Kier molecular flexibility index (Phi) is 21.6. The highest BCUT2D eigenvalue weighted by Gasteiger charge is 2.30. The molecule has 0 saturated heterocycles. The van der Waals surface area contributed by atoms with Gasteiger partial charge in [-0.3, -0.25) is 0 Å². The third-order valence-electron chi connectivity index (χ3n) is 29.8. The lowest BCUT2D eigenvalue weighted by molar-refractivity contribution is 1.15. The molecule has 0 unspecified atom stereocenters. The minimum atomic E-state index is 0.518. The Morgan fingerprint density at radius 1 is 0.176 bits per heavy atom. The van der Waals surface area contributed by atoms with Gasteiger partial charge < -0.3 is 18.3 Å². The van der Waals surface area contributed by atoms with Crippen molar-refractivity contribution in [2.24, 2.45) is 0 Å². The first-order valence-electron chi connectivity index (χ1n) is 50.5. The molecule has 0 N–H and O–H groups in total. The summed E-state index contributed by atoms with van der Waals surface area (Å²) >= 11 is 0. The van der Waals surface area contributed by atoms with Gasteiger partial charge in [0.15, 0.2) is 11.6 Å². The van der Waals surface area contributed by atoms with Crippen LogP contribution >= 0.6 is 0 Å². The molecule has 0 saturated carbocycles. The quantitative estimate of drug-likeness (QED) is 0.0896. The lowest BCUT2D eigenvalue weighted by Crippen LogP contribution is -2.04. The van der Waals surface area contributed by atoms with Crippen LogP contribution in [0.5, 0.6) is 0 Å². The van der Waals surface area contributed by atoms with Gasteiger partial charge in [-0.1, -0.05) is 319 Å². The molecule has 0 amide bonds. The summed E-state index contributed by atoms with van der Waals surface area (Å²) in [5.74, 6) is 1.17. The molecule has 0 aliphatic rings. The van der Waals surface area contributed by atoms with Gasteiger partial charge in [0.05, 0.1) is 113 Å². The molecule has 0 aliphatic carbocycles. The molecule has 10 heteroatoms. The minimum Gasteiger partial charge on any atom is -0.309 e. The third kappa shape index (κ3) is 15.3. The fourth-order valence-electron chi connectivity index (χ4n) is 23.3. The van der Waals surface area contributed by atoms with Gasteiger partial charge in [0.1, 0.15) is 0 Å². The number of nitriles is 2. The molecule has 0 radical (unpaired) electrons. The van der Waals surface area contributed by atoms with E-state index < -0.39 is 0 Å². The second kappa shape index (κ2) is 36.0. The van der Waals surface area contributed by atoms with Crippen LogP contribution in [0, 0.1) is 78.1 Å². The van der Waals surface area contributed by atoms with E-state index in [9.17, 15) is 10.5 Å². The highest BCUT2D eigenvalue weighted by Crippen LogP contribution is 2.51. The summed E-state index contributed by atoms with van der Waals surface area (Å²) in [5.41, 5.74) is 45.1. The maximum absolute atomic E-state index is 12.0. The highest BCUT2D eigenvalue weighted by molar-refractivity contribution is 6.16. The summed E-state index contributed by atoms with van der Waals surface area (Å²) in [6.45, 7) is 17.4. The molecular formula is C138H96N10. The predicted molar refractivity (Wildman–Crippen MR) is 613 cm³/mol. The summed E-state index contributed by atoms with van der Waals surface area (Å²) in [5, 5.41) is 32.7. The van der Waals surface area contributed by atoms with Gasteiger partial charge in [0.2, 0.25) is 0 Å². The van der Waals surface area contributed by atoms with Crippen molar-refractivity contribution in [1.29, 1.82) is 10.5 Å². The Balaban J connectivity index is 0.621. The molecule has 0 bridgehead atoms. The normalized spacial score (nSPS) is 11.6. The molecule has 6 heterocycles. The lowest BCUT2D eigenvalue weighted by atomic mass is 9.90. The van der Waals surface area contributed by atoms with E-state index in [2.05, 4.69) is 456 Å². The van der Waals surface area contributed by atoms with E-state index in [1.54, 1.807) is 0 Å². The molecule has 10 nitrogen and oxygen atoms in total. The first-order valence-corrected chi connectivity index (χ1v) is 50.5. The van der Waals surface area contributed by atoms with Crippen LogP contribution in [0.4, 0.5) is 0 Å². The standard InChI is InChI=1S/C138H96N10/c1-83-49-56-106(88(6)65-83)97-52-59-128-115(74-97)109-41-19-23-44-124(109)146(128)132-61-54-99(121-79-119(91-29-12-9-13-30-91)141-137(143-121)93-33-16-11-17-34-93)76-117(132)136-103(82-140)38-28-48-134(136)148-126-46-25-21-42-110(126)116-75-98(53-60-130(116)148)112-78-111(89(7)70-90(112)8)96-35-26-36-101(71-96)138-142-120(92-31-14-10-15-32-92)80-122(144-138)100-55-62-131(145-123-43-22-18-39-107(123)113-72-94(50-57-127(113)145)104-66-84(2)63-85(3)67-104)118(77-100)135-102(81-139)37-27-47-133(135)147-125-45-24-20-40-108(125)114-73-95(51-58-129(114)147)105-68-86(4)64-87(5)69-105/h9-80H,1-8H3. The summed E-state index contributed by atoms with van der Waals surface area (Å²) in [6.07, 6.45) is 0. The zero-order valence-corrected chi connectivity index (χ0v) is 83.0. The average molecular weight is 1890 g/mol. The second-order valence-corrected chi connectivity index (χ2v) is 39.6. The molecule has 148 heavy (non-hydrogen) atoms.